The van der Waals surface area contributed by atoms with E-state index in [-0.39, 0.29) is 0 Å². The maximum absolute atomic E-state index is 3.70. The summed E-state index contributed by atoms with van der Waals surface area (Å²) < 4.78 is 0. The quantitative estimate of drug-likeness (QED) is 0.859. The van der Waals surface area contributed by atoms with Crippen molar-refractivity contribution in [2.24, 2.45) is 0 Å². The predicted molar refractivity (Wildman–Crippen MR) is 81.3 cm³/mol. The first-order valence-corrected chi connectivity index (χ1v) is 8.23. The molecule has 1 aromatic rings. The van der Waals surface area contributed by atoms with Crippen LogP contribution in [0.5, 0.6) is 0 Å². The van der Waals surface area contributed by atoms with Gasteiger partial charge in [-0.1, -0.05) is 50.8 Å². The topological polar surface area (TPSA) is 12.0 Å². The van der Waals surface area contributed by atoms with Crippen molar-refractivity contribution in [1.82, 2.24) is 5.32 Å². The fourth-order valence-electron chi connectivity index (χ4n) is 2.76. The van der Waals surface area contributed by atoms with Crippen LogP contribution in [-0.4, -0.2) is 17.8 Å². The highest BCUT2D eigenvalue weighted by molar-refractivity contribution is 8.00. The fourth-order valence-corrected chi connectivity index (χ4v) is 4.11. The fraction of sp³-hybridized carbons (Fsp3) is 0.625. The van der Waals surface area contributed by atoms with Gasteiger partial charge in [-0.15, -0.1) is 11.8 Å². The van der Waals surface area contributed by atoms with E-state index in [1.807, 2.05) is 0 Å². The summed E-state index contributed by atoms with van der Waals surface area (Å²) in [6.45, 7) is 3.32. The highest BCUT2D eigenvalue weighted by Gasteiger charge is 2.22. The molecule has 1 saturated carbocycles. The molecule has 1 nitrogen and oxygen atoms in total. The second-order valence-electron chi connectivity index (χ2n) is 5.13. The molecule has 1 aliphatic carbocycles. The maximum Gasteiger partial charge on any atom is 0.0248 e. The van der Waals surface area contributed by atoms with E-state index in [9.17, 15) is 0 Å². The van der Waals surface area contributed by atoms with E-state index in [2.05, 4.69) is 54.3 Å². The molecule has 2 unspecified atom stereocenters. The normalized spacial score (nSPS) is 25.4. The molecule has 2 atom stereocenters. The van der Waals surface area contributed by atoms with E-state index in [1.54, 1.807) is 0 Å². The van der Waals surface area contributed by atoms with Gasteiger partial charge in [0.2, 0.25) is 0 Å². The number of thioether (sulfide) groups is 1. The minimum atomic E-state index is 0.695. The van der Waals surface area contributed by atoms with E-state index < -0.39 is 0 Å². The number of hydrogen-bond donors (Lipinski definition) is 1. The number of benzene rings is 1. The Balaban J connectivity index is 1.99. The zero-order chi connectivity index (χ0) is 12.6. The predicted octanol–water partition coefficient (Wildman–Crippen LogP) is 4.48. The van der Waals surface area contributed by atoms with Crippen molar-refractivity contribution in [2.45, 2.75) is 61.6 Å². The molecule has 0 amide bonds. The first kappa shape index (κ1) is 14.0. The van der Waals surface area contributed by atoms with Gasteiger partial charge in [-0.2, -0.15) is 0 Å². The Bertz CT molecular complexity index is 325. The Hall–Kier alpha value is -0.470. The van der Waals surface area contributed by atoms with Crippen LogP contribution in [0.25, 0.3) is 0 Å². The largest absolute Gasteiger partial charge is 0.313 e. The van der Waals surface area contributed by atoms with E-state index in [4.69, 9.17) is 0 Å². The summed E-state index contributed by atoms with van der Waals surface area (Å²) in [5.41, 5.74) is 0. The molecule has 1 aliphatic rings. The monoisotopic (exact) mass is 263 g/mol. The molecular weight excluding hydrogens is 238 g/mol. The van der Waals surface area contributed by atoms with E-state index in [0.29, 0.717) is 6.04 Å². The first-order valence-electron chi connectivity index (χ1n) is 7.35. The SMILES string of the molecule is CCNC1CCCCCCC1Sc1ccccc1. The Labute approximate surface area is 116 Å². The van der Waals surface area contributed by atoms with Gasteiger partial charge in [-0.25, -0.2) is 0 Å². The second kappa shape index (κ2) is 7.85. The summed E-state index contributed by atoms with van der Waals surface area (Å²) in [4.78, 5) is 1.42. The average Bonchev–Trinajstić information content (AvgIpc) is 2.38. The standard InChI is InChI=1S/C16H25NS/c1-2-17-15-12-8-3-4-9-13-16(15)18-14-10-6-5-7-11-14/h5-7,10-11,15-17H,2-4,8-9,12-13H2,1H3. The van der Waals surface area contributed by atoms with Gasteiger partial charge in [0.15, 0.2) is 0 Å². The zero-order valence-electron chi connectivity index (χ0n) is 11.4. The van der Waals surface area contributed by atoms with Crippen molar-refractivity contribution in [3.63, 3.8) is 0 Å². The zero-order valence-corrected chi connectivity index (χ0v) is 12.2. The highest BCUT2D eigenvalue weighted by atomic mass is 32.2. The van der Waals surface area contributed by atoms with E-state index in [0.717, 1.165) is 11.8 Å². The summed E-state index contributed by atoms with van der Waals surface area (Å²) in [5, 5.41) is 4.44. The lowest BCUT2D eigenvalue weighted by atomic mass is 9.96. The van der Waals surface area contributed by atoms with Crippen molar-refractivity contribution in [3.05, 3.63) is 30.3 Å². The molecule has 0 heterocycles. The van der Waals surface area contributed by atoms with Gasteiger partial charge < -0.3 is 5.32 Å². The van der Waals surface area contributed by atoms with Crippen LogP contribution in [0.4, 0.5) is 0 Å². The lowest BCUT2D eigenvalue weighted by Gasteiger charge is -2.29. The minimum absolute atomic E-state index is 0.695. The van der Waals surface area contributed by atoms with Crippen LogP contribution < -0.4 is 5.32 Å². The van der Waals surface area contributed by atoms with Crippen LogP contribution in [-0.2, 0) is 0 Å². The molecule has 0 bridgehead atoms. The number of nitrogens with one attached hydrogen (secondary N) is 1. The van der Waals surface area contributed by atoms with Crippen molar-refractivity contribution in [2.75, 3.05) is 6.54 Å². The van der Waals surface area contributed by atoms with Crippen molar-refractivity contribution >= 4 is 11.8 Å². The summed E-state index contributed by atoms with van der Waals surface area (Å²) in [6.07, 6.45) is 8.33. The minimum Gasteiger partial charge on any atom is -0.313 e. The third-order valence-corrected chi connectivity index (χ3v) is 5.11. The van der Waals surface area contributed by atoms with Gasteiger partial charge in [0.05, 0.1) is 0 Å². The smallest absolute Gasteiger partial charge is 0.0248 e. The van der Waals surface area contributed by atoms with Gasteiger partial charge in [-0.3, -0.25) is 0 Å². The Kier molecular flexibility index (Phi) is 6.09. The summed E-state index contributed by atoms with van der Waals surface area (Å²) >= 11 is 2.07. The van der Waals surface area contributed by atoms with Crippen LogP contribution in [0.15, 0.2) is 35.2 Å². The Morgan fingerprint density at radius 3 is 2.50 bits per heavy atom. The van der Waals surface area contributed by atoms with Gasteiger partial charge in [0.1, 0.15) is 0 Å². The summed E-state index contributed by atoms with van der Waals surface area (Å²) in [7, 11) is 0. The third kappa shape index (κ3) is 4.33. The average molecular weight is 263 g/mol. The van der Waals surface area contributed by atoms with Crippen LogP contribution in [0, 0.1) is 0 Å². The molecule has 0 aromatic heterocycles. The molecule has 100 valence electrons. The molecule has 1 N–H and O–H groups in total. The first-order chi connectivity index (χ1) is 8.90. The Morgan fingerprint density at radius 1 is 1.06 bits per heavy atom. The highest BCUT2D eigenvalue weighted by Crippen LogP contribution is 2.32. The summed E-state index contributed by atoms with van der Waals surface area (Å²) in [6, 6.07) is 11.6. The molecule has 0 radical (unpaired) electrons. The molecule has 2 rings (SSSR count). The van der Waals surface area contributed by atoms with Gasteiger partial charge >= 0.3 is 0 Å². The molecule has 18 heavy (non-hydrogen) atoms. The van der Waals surface area contributed by atoms with Gasteiger partial charge in [-0.05, 0) is 31.5 Å². The maximum atomic E-state index is 3.70. The molecule has 0 spiro atoms. The molecule has 2 heteroatoms. The lowest BCUT2D eigenvalue weighted by Crippen LogP contribution is -2.38. The van der Waals surface area contributed by atoms with Crippen LogP contribution in [0.1, 0.15) is 45.4 Å². The van der Waals surface area contributed by atoms with E-state index >= 15 is 0 Å². The number of rotatable bonds is 4. The van der Waals surface area contributed by atoms with Crippen molar-refractivity contribution in [1.29, 1.82) is 0 Å². The van der Waals surface area contributed by atoms with Crippen molar-refractivity contribution in [3.8, 4) is 0 Å². The molecule has 1 fully saturated rings. The van der Waals surface area contributed by atoms with E-state index in [1.165, 1.54) is 43.4 Å². The van der Waals surface area contributed by atoms with Crippen LogP contribution in [0.2, 0.25) is 0 Å². The number of hydrogen-bond acceptors (Lipinski definition) is 2. The molecule has 0 aliphatic heterocycles. The van der Waals surface area contributed by atoms with Gasteiger partial charge in [0, 0.05) is 16.2 Å². The lowest BCUT2D eigenvalue weighted by molar-refractivity contribution is 0.406. The van der Waals surface area contributed by atoms with Crippen LogP contribution >= 0.6 is 11.8 Å². The second-order valence-corrected chi connectivity index (χ2v) is 6.44. The third-order valence-electron chi connectivity index (χ3n) is 3.70. The van der Waals surface area contributed by atoms with Crippen molar-refractivity contribution < 1.29 is 0 Å². The molecular formula is C16H25NS. The molecule has 0 saturated heterocycles. The van der Waals surface area contributed by atoms with Gasteiger partial charge in [0.25, 0.3) is 0 Å². The molecule has 1 aromatic carbocycles. The Morgan fingerprint density at radius 2 is 1.78 bits per heavy atom. The van der Waals surface area contributed by atoms with Crippen LogP contribution in [0.3, 0.4) is 0 Å². The summed E-state index contributed by atoms with van der Waals surface area (Å²) in [5.74, 6) is 0.